The van der Waals surface area contributed by atoms with Crippen molar-refractivity contribution in [3.63, 3.8) is 0 Å². The molecule has 1 aromatic carbocycles. The van der Waals surface area contributed by atoms with Crippen LogP contribution < -0.4 is 5.32 Å². The molecule has 2 aromatic rings. The fourth-order valence-corrected chi connectivity index (χ4v) is 5.46. The number of piperidine rings is 2. The van der Waals surface area contributed by atoms with Gasteiger partial charge in [0.1, 0.15) is 0 Å². The lowest BCUT2D eigenvalue weighted by Crippen LogP contribution is -2.56. The third-order valence-corrected chi connectivity index (χ3v) is 7.18. The number of hydrogen-bond donors (Lipinski definition) is 1. The number of hydrogen-bond acceptors (Lipinski definition) is 4. The summed E-state index contributed by atoms with van der Waals surface area (Å²) in [5.41, 5.74) is 4.46. The van der Waals surface area contributed by atoms with Crippen LogP contribution in [0.1, 0.15) is 42.3 Å². The SMILES string of the molecule is CCNC(=NCc1scnc1C)N1CCC2C(CCCN2Cc2ccccc2)C1.I. The Bertz CT molecular complexity index is 809. The van der Waals surface area contributed by atoms with Crippen LogP contribution in [-0.4, -0.2) is 53.0 Å². The summed E-state index contributed by atoms with van der Waals surface area (Å²) < 4.78 is 0. The number of aromatic nitrogens is 1. The zero-order chi connectivity index (χ0) is 20.1. The van der Waals surface area contributed by atoms with Crippen molar-refractivity contribution < 1.29 is 0 Å². The van der Waals surface area contributed by atoms with E-state index in [1.807, 2.05) is 5.51 Å². The van der Waals surface area contributed by atoms with Crippen LogP contribution in [0.3, 0.4) is 0 Å². The summed E-state index contributed by atoms with van der Waals surface area (Å²) in [4.78, 5) is 15.8. The van der Waals surface area contributed by atoms with E-state index >= 15 is 0 Å². The van der Waals surface area contributed by atoms with E-state index in [2.05, 4.69) is 64.3 Å². The zero-order valence-electron chi connectivity index (χ0n) is 18.1. The average Bonchev–Trinajstić information content (AvgIpc) is 3.16. The number of likely N-dealkylation sites (tertiary alicyclic amines) is 2. The lowest BCUT2D eigenvalue weighted by atomic mass is 9.83. The van der Waals surface area contributed by atoms with Crippen LogP contribution in [0.4, 0.5) is 0 Å². The van der Waals surface area contributed by atoms with Gasteiger partial charge in [-0.3, -0.25) is 4.90 Å². The van der Waals surface area contributed by atoms with Crippen LogP contribution in [0.25, 0.3) is 0 Å². The molecule has 5 nitrogen and oxygen atoms in total. The Kier molecular flexibility index (Phi) is 8.95. The zero-order valence-corrected chi connectivity index (χ0v) is 21.2. The molecule has 0 aliphatic carbocycles. The van der Waals surface area contributed by atoms with Gasteiger partial charge in [0, 0.05) is 37.1 Å². The van der Waals surface area contributed by atoms with E-state index in [9.17, 15) is 0 Å². The first-order chi connectivity index (χ1) is 14.2. The fraction of sp³-hybridized carbons (Fsp3) is 0.565. The second-order valence-electron chi connectivity index (χ2n) is 8.19. The number of nitrogens with one attached hydrogen (secondary N) is 1. The molecule has 0 bridgehead atoms. The molecule has 1 aromatic heterocycles. The van der Waals surface area contributed by atoms with E-state index in [-0.39, 0.29) is 24.0 Å². The van der Waals surface area contributed by atoms with Gasteiger partial charge in [0.15, 0.2) is 5.96 Å². The van der Waals surface area contributed by atoms with Gasteiger partial charge in [-0.2, -0.15) is 0 Å². The van der Waals surface area contributed by atoms with Crippen molar-refractivity contribution in [3.05, 3.63) is 52.0 Å². The second kappa shape index (κ2) is 11.4. The minimum absolute atomic E-state index is 0. The highest BCUT2D eigenvalue weighted by Crippen LogP contribution is 2.31. The maximum atomic E-state index is 4.95. The maximum Gasteiger partial charge on any atom is 0.194 e. The number of aryl methyl sites for hydroxylation is 1. The smallest absolute Gasteiger partial charge is 0.194 e. The van der Waals surface area contributed by atoms with Crippen molar-refractivity contribution in [2.75, 3.05) is 26.2 Å². The normalized spacial score (nSPS) is 22.3. The monoisotopic (exact) mass is 539 g/mol. The molecule has 2 unspecified atom stereocenters. The highest BCUT2D eigenvalue weighted by atomic mass is 127. The molecule has 30 heavy (non-hydrogen) atoms. The molecule has 2 aliphatic heterocycles. The van der Waals surface area contributed by atoms with Crippen molar-refractivity contribution in [1.29, 1.82) is 0 Å². The van der Waals surface area contributed by atoms with Crippen LogP contribution >= 0.6 is 35.3 Å². The molecular weight excluding hydrogens is 505 g/mol. The quantitative estimate of drug-likeness (QED) is 0.345. The van der Waals surface area contributed by atoms with E-state index in [4.69, 9.17) is 4.99 Å². The lowest BCUT2D eigenvalue weighted by Gasteiger charge is -2.48. The van der Waals surface area contributed by atoms with Gasteiger partial charge >= 0.3 is 0 Å². The maximum absolute atomic E-state index is 4.95. The molecule has 0 spiro atoms. The molecule has 2 atom stereocenters. The van der Waals surface area contributed by atoms with Gasteiger partial charge in [0.05, 0.1) is 17.7 Å². The predicted octanol–water partition coefficient (Wildman–Crippen LogP) is 4.52. The fourth-order valence-electron chi connectivity index (χ4n) is 4.76. The van der Waals surface area contributed by atoms with Crippen molar-refractivity contribution in [2.24, 2.45) is 10.9 Å². The first-order valence-electron chi connectivity index (χ1n) is 10.9. The molecular formula is C23H34IN5S. The van der Waals surface area contributed by atoms with Crippen LogP contribution in [0.15, 0.2) is 40.8 Å². The summed E-state index contributed by atoms with van der Waals surface area (Å²) in [5.74, 6) is 1.80. The Morgan fingerprint density at radius 1 is 1.23 bits per heavy atom. The number of benzene rings is 1. The third kappa shape index (κ3) is 5.73. The van der Waals surface area contributed by atoms with Gasteiger partial charge in [-0.25, -0.2) is 9.98 Å². The van der Waals surface area contributed by atoms with E-state index in [0.717, 1.165) is 50.3 Å². The number of guanidine groups is 1. The number of halogens is 1. The van der Waals surface area contributed by atoms with Crippen molar-refractivity contribution >= 4 is 41.3 Å². The van der Waals surface area contributed by atoms with E-state index in [1.54, 1.807) is 11.3 Å². The molecule has 1 N–H and O–H groups in total. The number of aliphatic imine (C=N–C) groups is 1. The van der Waals surface area contributed by atoms with Gasteiger partial charge in [0.25, 0.3) is 0 Å². The topological polar surface area (TPSA) is 43.8 Å². The van der Waals surface area contributed by atoms with Crippen molar-refractivity contribution in [1.82, 2.24) is 20.1 Å². The van der Waals surface area contributed by atoms with E-state index in [1.165, 1.54) is 36.2 Å². The Morgan fingerprint density at radius 3 is 2.80 bits per heavy atom. The molecule has 2 saturated heterocycles. The number of nitrogens with zero attached hydrogens (tertiary/aromatic N) is 4. The molecule has 0 amide bonds. The van der Waals surface area contributed by atoms with Crippen molar-refractivity contribution in [3.8, 4) is 0 Å². The van der Waals surface area contributed by atoms with E-state index in [0.29, 0.717) is 6.04 Å². The van der Waals surface area contributed by atoms with E-state index < -0.39 is 0 Å². The summed E-state index contributed by atoms with van der Waals surface area (Å²) in [6, 6.07) is 11.6. The third-order valence-electron chi connectivity index (χ3n) is 6.26. The van der Waals surface area contributed by atoms with Gasteiger partial charge in [-0.15, -0.1) is 35.3 Å². The summed E-state index contributed by atoms with van der Waals surface area (Å²) in [6.45, 7) is 10.4. The van der Waals surface area contributed by atoms with Gasteiger partial charge in [-0.1, -0.05) is 30.3 Å². The van der Waals surface area contributed by atoms with Crippen molar-refractivity contribution in [2.45, 2.75) is 52.2 Å². The Balaban J connectivity index is 0.00000256. The molecule has 4 rings (SSSR count). The van der Waals surface area contributed by atoms with Gasteiger partial charge in [0.2, 0.25) is 0 Å². The second-order valence-corrected chi connectivity index (χ2v) is 9.13. The largest absolute Gasteiger partial charge is 0.357 e. The minimum Gasteiger partial charge on any atom is -0.357 e. The standard InChI is InChI=1S/C23H33N5S.HI/c1-3-24-23(25-14-22-18(2)26-17-29-22)28-13-11-21-20(16-28)10-7-12-27(21)15-19-8-5-4-6-9-19;/h4-6,8-9,17,20-21H,3,7,10-16H2,1-2H3,(H,24,25);1H. The molecule has 164 valence electrons. The first-order valence-corrected chi connectivity index (χ1v) is 11.8. The molecule has 0 radical (unpaired) electrons. The minimum atomic E-state index is 0. The van der Waals surface area contributed by atoms with Crippen LogP contribution in [0.2, 0.25) is 0 Å². The highest BCUT2D eigenvalue weighted by molar-refractivity contribution is 14.0. The average molecular weight is 540 g/mol. The summed E-state index contributed by atoms with van der Waals surface area (Å²) in [7, 11) is 0. The lowest BCUT2D eigenvalue weighted by molar-refractivity contribution is 0.0372. The highest BCUT2D eigenvalue weighted by Gasteiger charge is 2.36. The van der Waals surface area contributed by atoms with Crippen LogP contribution in [0, 0.1) is 12.8 Å². The first kappa shape index (κ1) is 23.5. The summed E-state index contributed by atoms with van der Waals surface area (Å²) >= 11 is 1.70. The number of fused-ring (bicyclic) bond motifs is 1. The number of thiazole rings is 1. The van der Waals surface area contributed by atoms with Gasteiger partial charge in [-0.05, 0) is 51.1 Å². The van der Waals surface area contributed by atoms with Gasteiger partial charge < -0.3 is 10.2 Å². The van der Waals surface area contributed by atoms with Crippen LogP contribution in [-0.2, 0) is 13.1 Å². The molecule has 2 fully saturated rings. The Morgan fingerprint density at radius 2 is 2.07 bits per heavy atom. The van der Waals surface area contributed by atoms with Crippen LogP contribution in [0.5, 0.6) is 0 Å². The predicted molar refractivity (Wildman–Crippen MR) is 137 cm³/mol. The molecule has 0 saturated carbocycles. The Labute approximate surface area is 202 Å². The molecule has 7 heteroatoms. The molecule has 3 heterocycles. The molecule has 2 aliphatic rings. The Hall–Kier alpha value is -1.19. The summed E-state index contributed by atoms with van der Waals surface area (Å²) in [6.07, 6.45) is 3.86. The number of rotatable bonds is 5. The summed E-state index contributed by atoms with van der Waals surface area (Å²) in [5, 5.41) is 3.53.